The summed E-state index contributed by atoms with van der Waals surface area (Å²) >= 11 is 0. The van der Waals surface area contributed by atoms with Crippen molar-refractivity contribution in [3.05, 3.63) is 6.79 Å². The second-order valence-electron chi connectivity index (χ2n) is 0.274. The molecule has 0 aliphatic carbocycles. The second-order valence-corrected chi connectivity index (χ2v) is 0.274. The molecule has 0 fully saturated rings. The fraction of sp³-hybridized carbons (Fsp3) is 0. The zero-order chi connectivity index (χ0) is 4.12. The van der Waals surface area contributed by atoms with Crippen LogP contribution in [0.4, 0.5) is 9.05 Å². The average Bonchev–Trinajstić information content (AvgIpc) is 1.41. The summed E-state index contributed by atoms with van der Waals surface area (Å²) < 4.78 is 20.1. The first-order valence-electron chi connectivity index (χ1n) is 0.780. The van der Waals surface area contributed by atoms with Crippen molar-refractivity contribution in [1.82, 2.24) is 0 Å². The van der Waals surface area contributed by atoms with E-state index in [1.54, 1.807) is 0 Å². The summed E-state index contributed by atoms with van der Waals surface area (Å²) in [4.78, 5) is 4.94. The van der Waals surface area contributed by atoms with Gasteiger partial charge in [0.1, 0.15) is 0 Å². The highest BCUT2D eigenvalue weighted by molar-refractivity contribution is 4.02. The fourth-order valence-corrected chi connectivity index (χ4v) is 0.0137. The largest absolute Gasteiger partial charge is 0.291 e. The number of rotatable bonds is 2. The minimum atomic E-state index is -0.0833. The van der Waals surface area contributed by atoms with Crippen molar-refractivity contribution in [1.29, 1.82) is 0 Å². The first-order chi connectivity index (χ1) is 2.41. The molecule has 0 spiro atoms. The van der Waals surface area contributed by atoms with Crippen molar-refractivity contribution in [2.24, 2.45) is 0 Å². The molecule has 0 aromatic carbocycles. The normalized spacial score (nSPS) is 8.40. The van der Waals surface area contributed by atoms with Gasteiger partial charge in [-0.05, 0) is 9.05 Å². The average molecular weight is 83.0 g/mol. The summed E-state index contributed by atoms with van der Waals surface area (Å²) in [7, 11) is 0. The second kappa shape index (κ2) is 3.78. The Labute approximate surface area is 27.1 Å². The molecule has 2 nitrogen and oxygen atoms in total. The molecule has 0 heterocycles. The van der Waals surface area contributed by atoms with Crippen molar-refractivity contribution in [2.45, 2.75) is 0 Å². The minimum absolute atomic E-state index is 0.0833. The van der Waals surface area contributed by atoms with Crippen LogP contribution in [0.3, 0.4) is 0 Å². The molecular weight excluding hydrogens is 82.0 g/mol. The molecule has 0 rings (SSSR count). The molecule has 0 unspecified atom stereocenters. The Bertz CT molecular complexity index is 15.1. The summed E-state index contributed by atoms with van der Waals surface area (Å²) in [5.74, 6) is 0. The molecule has 0 saturated carbocycles. The number of halogens is 2. The van der Waals surface area contributed by atoms with Crippen LogP contribution in [0.15, 0.2) is 0 Å². The lowest BCUT2D eigenvalue weighted by Gasteiger charge is -1.73. The maximum atomic E-state index is 10.1. The van der Waals surface area contributed by atoms with E-state index in [1.807, 2.05) is 0 Å². The van der Waals surface area contributed by atoms with Crippen LogP contribution >= 0.6 is 0 Å². The lowest BCUT2D eigenvalue weighted by Crippen LogP contribution is -1.68. The molecule has 4 heteroatoms. The fourth-order valence-electron chi connectivity index (χ4n) is 0.0137. The van der Waals surface area contributed by atoms with E-state index in [4.69, 9.17) is 0 Å². The molecule has 0 aromatic heterocycles. The highest BCUT2D eigenvalue weighted by Crippen LogP contribution is 1.81. The molecule has 31 valence electrons. The van der Waals surface area contributed by atoms with Crippen molar-refractivity contribution >= 4 is 0 Å². The first kappa shape index (κ1) is 4.78. The minimum Gasteiger partial charge on any atom is -0.153 e. The van der Waals surface area contributed by atoms with Crippen molar-refractivity contribution in [2.75, 3.05) is 0 Å². The van der Waals surface area contributed by atoms with Crippen LogP contribution in [0, 0.1) is 6.79 Å². The third-order valence-corrected chi connectivity index (χ3v) is 0.0727. The van der Waals surface area contributed by atoms with Gasteiger partial charge in [0.05, 0.1) is 0 Å². The molecule has 0 bridgehead atoms. The summed E-state index contributed by atoms with van der Waals surface area (Å²) in [6.45, 7) is -0.0833. The molecule has 1 radical (unpaired) electrons. The van der Waals surface area contributed by atoms with Gasteiger partial charge in [0.25, 0.3) is 6.79 Å². The lowest BCUT2D eigenvalue weighted by molar-refractivity contribution is -0.234. The van der Waals surface area contributed by atoms with Gasteiger partial charge in [0.2, 0.25) is 0 Å². The Balaban J connectivity index is 2.19. The van der Waals surface area contributed by atoms with Gasteiger partial charge in [-0.3, -0.25) is 0 Å². The zero-order valence-electron chi connectivity index (χ0n) is 2.15. The smallest absolute Gasteiger partial charge is 0.153 e. The molecule has 0 aliphatic heterocycles. The highest BCUT2D eigenvalue weighted by Gasteiger charge is 1.76. The third-order valence-electron chi connectivity index (χ3n) is 0.0727. The van der Waals surface area contributed by atoms with Crippen molar-refractivity contribution in [3.63, 3.8) is 0 Å². The van der Waals surface area contributed by atoms with E-state index in [0.717, 1.165) is 0 Å². The van der Waals surface area contributed by atoms with Crippen LogP contribution < -0.4 is 0 Å². The van der Waals surface area contributed by atoms with Crippen LogP contribution in [0.25, 0.3) is 0 Å². The summed E-state index contributed by atoms with van der Waals surface area (Å²) in [5, 5.41) is 0. The first-order valence-corrected chi connectivity index (χ1v) is 0.780. The van der Waals surface area contributed by atoms with Crippen LogP contribution in [-0.2, 0) is 9.88 Å². The van der Waals surface area contributed by atoms with Gasteiger partial charge < -0.3 is 0 Å². The monoisotopic (exact) mass is 83.0 g/mol. The summed E-state index contributed by atoms with van der Waals surface area (Å²) in [6.07, 6.45) is 0. The lowest BCUT2D eigenvalue weighted by atomic mass is 11.5. The van der Waals surface area contributed by atoms with Crippen molar-refractivity contribution < 1.29 is 18.9 Å². The van der Waals surface area contributed by atoms with E-state index in [0.29, 0.717) is 0 Å². The molecule has 0 saturated heterocycles. The summed E-state index contributed by atoms with van der Waals surface area (Å²) in [6, 6.07) is 0. The molecule has 5 heavy (non-hydrogen) atoms. The van der Waals surface area contributed by atoms with Gasteiger partial charge in [-0.2, -0.15) is 9.88 Å². The van der Waals surface area contributed by atoms with E-state index >= 15 is 0 Å². The van der Waals surface area contributed by atoms with Crippen LogP contribution in [0.5, 0.6) is 0 Å². The Hall–Kier alpha value is -0.220. The van der Waals surface area contributed by atoms with E-state index in [-0.39, 0.29) is 6.79 Å². The van der Waals surface area contributed by atoms with Gasteiger partial charge in [-0.25, -0.2) is 0 Å². The predicted molar refractivity (Wildman–Crippen MR) is 8.69 cm³/mol. The molecule has 0 aromatic rings. The topological polar surface area (TPSA) is 18.5 Å². The Kier molecular flexibility index (Phi) is 3.61. The van der Waals surface area contributed by atoms with Crippen LogP contribution in [0.1, 0.15) is 0 Å². The number of hydrogen-bond donors (Lipinski definition) is 0. The standard InChI is InChI=1S/CHF2O2/c2-4-1-5-3/h1H. The maximum absolute atomic E-state index is 10.1. The van der Waals surface area contributed by atoms with Gasteiger partial charge in [-0.15, -0.1) is 0 Å². The van der Waals surface area contributed by atoms with Crippen LogP contribution in [0.2, 0.25) is 0 Å². The van der Waals surface area contributed by atoms with E-state index in [1.165, 1.54) is 0 Å². The van der Waals surface area contributed by atoms with E-state index in [2.05, 4.69) is 9.88 Å². The molecular formula is CHF2O2. The Morgan fingerprint density at radius 2 is 1.60 bits per heavy atom. The van der Waals surface area contributed by atoms with Gasteiger partial charge in [0.15, 0.2) is 0 Å². The molecule has 0 amide bonds. The molecule has 0 N–H and O–H groups in total. The SMILES string of the molecule is FO[CH]OF. The maximum Gasteiger partial charge on any atom is 0.291 e. The highest BCUT2D eigenvalue weighted by atomic mass is 19.3. The quantitative estimate of drug-likeness (QED) is 0.494. The zero-order valence-corrected chi connectivity index (χ0v) is 2.15. The van der Waals surface area contributed by atoms with Gasteiger partial charge >= 0.3 is 0 Å². The van der Waals surface area contributed by atoms with Crippen LogP contribution in [-0.4, -0.2) is 0 Å². The van der Waals surface area contributed by atoms with Gasteiger partial charge in [-0.1, -0.05) is 0 Å². The third kappa shape index (κ3) is 3.78. The number of hydrogen-bond acceptors (Lipinski definition) is 2. The Morgan fingerprint density at radius 3 is 1.60 bits per heavy atom. The van der Waals surface area contributed by atoms with Crippen molar-refractivity contribution in [3.8, 4) is 0 Å². The molecule has 0 atom stereocenters. The van der Waals surface area contributed by atoms with Gasteiger partial charge in [0, 0.05) is 0 Å². The Morgan fingerprint density at radius 1 is 1.20 bits per heavy atom. The summed E-state index contributed by atoms with van der Waals surface area (Å²) in [5.41, 5.74) is 0. The predicted octanol–water partition coefficient (Wildman–Crippen LogP) is 0.908. The van der Waals surface area contributed by atoms with E-state index in [9.17, 15) is 9.05 Å². The molecule has 0 aliphatic rings. The van der Waals surface area contributed by atoms with E-state index < -0.39 is 0 Å².